The third-order valence-corrected chi connectivity index (χ3v) is 5.71. The molecule has 0 radical (unpaired) electrons. The molecule has 2 aromatic heterocycles. The van der Waals surface area contributed by atoms with Gasteiger partial charge < -0.3 is 14.7 Å². The van der Waals surface area contributed by atoms with Crippen LogP contribution in [0.2, 0.25) is 0 Å². The first kappa shape index (κ1) is 15.6. The van der Waals surface area contributed by atoms with Crippen molar-refractivity contribution in [3.8, 4) is 10.7 Å². The van der Waals surface area contributed by atoms with E-state index in [-0.39, 0.29) is 18.1 Å². The number of hydrogen-bond donors (Lipinski definition) is 1. The van der Waals surface area contributed by atoms with Gasteiger partial charge in [0.15, 0.2) is 0 Å². The van der Waals surface area contributed by atoms with E-state index in [1.165, 1.54) is 0 Å². The van der Waals surface area contributed by atoms with Crippen molar-refractivity contribution in [2.75, 3.05) is 26.2 Å². The molecule has 0 aliphatic carbocycles. The molecule has 2 aliphatic heterocycles. The zero-order valence-electron chi connectivity index (χ0n) is 13.6. The largest absolute Gasteiger partial charge is 0.337 e. The number of carbonyl (C=O) groups excluding carboxylic acids is 1. The molecule has 2 fully saturated rings. The van der Waals surface area contributed by atoms with Gasteiger partial charge in [0.05, 0.1) is 10.9 Å². The van der Waals surface area contributed by atoms with Crippen LogP contribution in [0.25, 0.3) is 10.7 Å². The van der Waals surface area contributed by atoms with Crippen molar-refractivity contribution >= 4 is 17.4 Å². The number of urea groups is 1. The first-order valence-electron chi connectivity index (χ1n) is 8.38. The maximum Gasteiger partial charge on any atom is 0.317 e. The summed E-state index contributed by atoms with van der Waals surface area (Å²) in [7, 11) is 0. The van der Waals surface area contributed by atoms with Crippen LogP contribution in [0, 0.1) is 0 Å². The van der Waals surface area contributed by atoms with Gasteiger partial charge >= 0.3 is 6.03 Å². The Hall–Kier alpha value is -1.93. The molecule has 2 atom stereocenters. The summed E-state index contributed by atoms with van der Waals surface area (Å²) in [6.45, 7) is 5.49. The number of carbonyl (C=O) groups is 1. The van der Waals surface area contributed by atoms with Crippen molar-refractivity contribution < 1.29 is 9.32 Å². The van der Waals surface area contributed by atoms with E-state index in [4.69, 9.17) is 4.52 Å². The van der Waals surface area contributed by atoms with Crippen LogP contribution in [0.4, 0.5) is 4.79 Å². The van der Waals surface area contributed by atoms with Gasteiger partial charge in [-0.2, -0.15) is 4.98 Å². The minimum atomic E-state index is 0.0553. The Morgan fingerprint density at radius 2 is 2.38 bits per heavy atom. The zero-order valence-corrected chi connectivity index (χ0v) is 14.5. The zero-order chi connectivity index (χ0) is 16.5. The van der Waals surface area contributed by atoms with Crippen LogP contribution < -0.4 is 5.32 Å². The highest BCUT2D eigenvalue weighted by atomic mass is 32.1. The van der Waals surface area contributed by atoms with Crippen molar-refractivity contribution in [2.45, 2.75) is 31.8 Å². The lowest BCUT2D eigenvalue weighted by Gasteiger charge is -2.38. The van der Waals surface area contributed by atoms with E-state index in [1.54, 1.807) is 11.3 Å². The quantitative estimate of drug-likeness (QED) is 0.919. The van der Waals surface area contributed by atoms with E-state index < -0.39 is 0 Å². The summed E-state index contributed by atoms with van der Waals surface area (Å²) in [5, 5.41) is 9.00. The van der Waals surface area contributed by atoms with Crippen molar-refractivity contribution in [1.82, 2.24) is 25.3 Å². The van der Waals surface area contributed by atoms with Crippen LogP contribution >= 0.6 is 11.3 Å². The summed E-state index contributed by atoms with van der Waals surface area (Å²) in [4.78, 5) is 21.8. The summed E-state index contributed by atoms with van der Waals surface area (Å²) in [6, 6.07) is 4.36. The van der Waals surface area contributed by atoms with Crippen LogP contribution in [0.5, 0.6) is 0 Å². The molecular formula is C16H21N5O2S. The number of likely N-dealkylation sites (tertiary alicyclic amines) is 1. The molecule has 2 amide bonds. The molecule has 2 saturated heterocycles. The Kier molecular flexibility index (Phi) is 4.24. The Labute approximate surface area is 144 Å². The lowest BCUT2D eigenvalue weighted by molar-refractivity contribution is 0.0874. The maximum absolute atomic E-state index is 11.9. The number of nitrogens with one attached hydrogen (secondary N) is 1. The lowest BCUT2D eigenvalue weighted by Crippen LogP contribution is -2.49. The van der Waals surface area contributed by atoms with Gasteiger partial charge in [-0.15, -0.1) is 11.3 Å². The van der Waals surface area contributed by atoms with Gasteiger partial charge in [-0.05, 0) is 37.8 Å². The molecule has 1 N–H and O–H groups in total. The Balaban J connectivity index is 1.46. The second kappa shape index (κ2) is 6.52. The highest BCUT2D eigenvalue weighted by Crippen LogP contribution is 2.28. The predicted octanol–water partition coefficient (Wildman–Crippen LogP) is 2.35. The van der Waals surface area contributed by atoms with Crippen LogP contribution in [0.1, 0.15) is 31.7 Å². The van der Waals surface area contributed by atoms with Crippen molar-refractivity contribution in [2.24, 2.45) is 0 Å². The SMILES string of the molecule is CC(c1nc(-c2cccs2)no1)N1CCCC(N2CCNC2=O)C1. The normalized spacial score (nSPS) is 23.5. The summed E-state index contributed by atoms with van der Waals surface area (Å²) in [5.41, 5.74) is 0. The topological polar surface area (TPSA) is 74.5 Å². The highest BCUT2D eigenvalue weighted by Gasteiger charge is 2.34. The Morgan fingerprint density at radius 3 is 3.12 bits per heavy atom. The average Bonchev–Trinajstić information content (AvgIpc) is 3.35. The molecule has 7 nitrogen and oxygen atoms in total. The minimum absolute atomic E-state index is 0.0553. The van der Waals surface area contributed by atoms with Gasteiger partial charge in [0, 0.05) is 25.7 Å². The fraction of sp³-hybridized carbons (Fsp3) is 0.562. The van der Waals surface area contributed by atoms with Gasteiger partial charge in [-0.1, -0.05) is 11.2 Å². The molecule has 2 unspecified atom stereocenters. The third kappa shape index (κ3) is 2.91. The molecular weight excluding hydrogens is 326 g/mol. The van der Waals surface area contributed by atoms with E-state index >= 15 is 0 Å². The molecule has 2 aliphatic rings. The molecule has 0 spiro atoms. The molecule has 4 rings (SSSR count). The fourth-order valence-electron chi connectivity index (χ4n) is 3.49. The van der Waals surface area contributed by atoms with Crippen LogP contribution in [-0.2, 0) is 0 Å². The molecule has 2 aromatic rings. The van der Waals surface area contributed by atoms with Crippen LogP contribution in [-0.4, -0.2) is 58.2 Å². The molecule has 0 aromatic carbocycles. The first-order valence-corrected chi connectivity index (χ1v) is 9.26. The molecule has 4 heterocycles. The maximum atomic E-state index is 11.9. The average molecular weight is 347 g/mol. The summed E-state index contributed by atoms with van der Waals surface area (Å²) >= 11 is 1.60. The molecule has 128 valence electrons. The highest BCUT2D eigenvalue weighted by molar-refractivity contribution is 7.13. The molecule has 24 heavy (non-hydrogen) atoms. The molecule has 0 saturated carbocycles. The van der Waals surface area contributed by atoms with E-state index in [0.717, 1.165) is 43.9 Å². The number of rotatable bonds is 4. The fourth-order valence-corrected chi connectivity index (χ4v) is 4.14. The minimum Gasteiger partial charge on any atom is -0.337 e. The second-order valence-electron chi connectivity index (χ2n) is 6.33. The van der Waals surface area contributed by atoms with Crippen molar-refractivity contribution in [3.63, 3.8) is 0 Å². The van der Waals surface area contributed by atoms with E-state index in [2.05, 4.69) is 27.3 Å². The number of amides is 2. The standard InChI is InChI=1S/C16H21N5O2S/c1-11(15-18-14(19-23-15)13-5-3-9-24-13)20-7-2-4-12(10-20)21-8-6-17-16(21)22/h3,5,9,11-12H,2,4,6-8,10H2,1H3,(H,17,22). The molecule has 0 bridgehead atoms. The van der Waals surface area contributed by atoms with Gasteiger partial charge in [0.25, 0.3) is 0 Å². The smallest absolute Gasteiger partial charge is 0.317 e. The van der Waals surface area contributed by atoms with Gasteiger partial charge in [-0.25, -0.2) is 4.79 Å². The summed E-state index contributed by atoms with van der Waals surface area (Å²) < 4.78 is 5.50. The van der Waals surface area contributed by atoms with Gasteiger partial charge in [-0.3, -0.25) is 4.90 Å². The van der Waals surface area contributed by atoms with E-state index in [1.807, 2.05) is 22.4 Å². The monoisotopic (exact) mass is 347 g/mol. The lowest BCUT2D eigenvalue weighted by atomic mass is 10.0. The van der Waals surface area contributed by atoms with Gasteiger partial charge in [0.2, 0.25) is 11.7 Å². The number of thiophene rings is 1. The Bertz CT molecular complexity index is 701. The molecule has 8 heteroatoms. The van der Waals surface area contributed by atoms with Crippen LogP contribution in [0.15, 0.2) is 22.0 Å². The number of aromatic nitrogens is 2. The Morgan fingerprint density at radius 1 is 1.46 bits per heavy atom. The summed E-state index contributed by atoms with van der Waals surface area (Å²) in [5.74, 6) is 1.30. The first-order chi connectivity index (χ1) is 11.7. The summed E-state index contributed by atoms with van der Waals surface area (Å²) in [6.07, 6.45) is 2.13. The third-order valence-electron chi connectivity index (χ3n) is 4.85. The number of hydrogen-bond acceptors (Lipinski definition) is 6. The van der Waals surface area contributed by atoms with E-state index in [9.17, 15) is 4.79 Å². The predicted molar refractivity (Wildman–Crippen MR) is 90.7 cm³/mol. The van der Waals surface area contributed by atoms with Crippen molar-refractivity contribution in [1.29, 1.82) is 0 Å². The van der Waals surface area contributed by atoms with Crippen molar-refractivity contribution in [3.05, 3.63) is 23.4 Å². The number of nitrogens with zero attached hydrogens (tertiary/aromatic N) is 4. The second-order valence-corrected chi connectivity index (χ2v) is 7.27. The van der Waals surface area contributed by atoms with E-state index in [0.29, 0.717) is 11.7 Å². The van der Waals surface area contributed by atoms with Crippen LogP contribution in [0.3, 0.4) is 0 Å². The number of piperidine rings is 1. The van der Waals surface area contributed by atoms with Gasteiger partial charge in [0.1, 0.15) is 0 Å².